The van der Waals surface area contributed by atoms with Crippen molar-refractivity contribution >= 4 is 33.3 Å². The molecule has 1 aromatic rings. The summed E-state index contributed by atoms with van der Waals surface area (Å²) < 4.78 is 28.6. The maximum absolute atomic E-state index is 12.0. The molecule has 0 radical (unpaired) electrons. The van der Waals surface area contributed by atoms with E-state index in [1.165, 1.54) is 25.1 Å². The minimum atomic E-state index is -2.92. The van der Waals surface area contributed by atoms with Gasteiger partial charge in [0, 0.05) is 10.0 Å². The zero-order chi connectivity index (χ0) is 12.3. The molecule has 88 valence electrons. The summed E-state index contributed by atoms with van der Waals surface area (Å²) in [7, 11) is 0. The average Bonchev–Trinajstić information content (AvgIpc) is 2.19. The minimum absolute atomic E-state index is 0.0705. The van der Waals surface area contributed by atoms with Crippen LogP contribution in [0.15, 0.2) is 22.7 Å². The van der Waals surface area contributed by atoms with Crippen molar-refractivity contribution in [3.63, 3.8) is 0 Å². The Balaban J connectivity index is 3.04. The SMILES string of the molecule is CC(Cl)C(=O)c1cc(OC(F)F)ccc1Br. The van der Waals surface area contributed by atoms with E-state index >= 15 is 0 Å². The molecular formula is C10H8BrClF2O2. The van der Waals surface area contributed by atoms with E-state index in [9.17, 15) is 13.6 Å². The standard InChI is InChI=1S/C10H8BrClF2O2/c1-5(12)9(15)7-4-6(16-10(13)14)2-3-8(7)11/h2-5,10H,1H3. The Hall–Kier alpha value is -0.680. The third-order valence-electron chi connectivity index (χ3n) is 1.79. The number of ether oxygens (including phenoxy) is 1. The number of alkyl halides is 3. The lowest BCUT2D eigenvalue weighted by atomic mass is 10.1. The van der Waals surface area contributed by atoms with Gasteiger partial charge in [-0.2, -0.15) is 8.78 Å². The summed E-state index contributed by atoms with van der Waals surface area (Å²) in [5, 5.41) is -0.724. The molecule has 0 saturated carbocycles. The second-order valence-electron chi connectivity index (χ2n) is 3.00. The van der Waals surface area contributed by atoms with E-state index in [1.807, 2.05) is 0 Å². The number of ketones is 1. The smallest absolute Gasteiger partial charge is 0.387 e. The topological polar surface area (TPSA) is 26.3 Å². The molecule has 6 heteroatoms. The maximum atomic E-state index is 12.0. The van der Waals surface area contributed by atoms with E-state index in [2.05, 4.69) is 20.7 Å². The second kappa shape index (κ2) is 5.59. The number of hydrogen-bond donors (Lipinski definition) is 0. The molecule has 1 unspecified atom stereocenters. The normalized spacial score (nSPS) is 12.6. The molecule has 0 bridgehead atoms. The molecule has 1 aromatic carbocycles. The summed E-state index contributed by atoms with van der Waals surface area (Å²) >= 11 is 8.78. The fourth-order valence-corrected chi connectivity index (χ4v) is 1.64. The first-order valence-electron chi connectivity index (χ1n) is 4.34. The van der Waals surface area contributed by atoms with Crippen LogP contribution in [0.3, 0.4) is 0 Å². The fourth-order valence-electron chi connectivity index (χ4n) is 1.08. The van der Waals surface area contributed by atoms with Gasteiger partial charge in [-0.05, 0) is 25.1 Å². The largest absolute Gasteiger partial charge is 0.435 e. The Morgan fingerprint density at radius 2 is 2.12 bits per heavy atom. The zero-order valence-corrected chi connectivity index (χ0v) is 10.6. The fraction of sp³-hybridized carbons (Fsp3) is 0.300. The highest BCUT2D eigenvalue weighted by Crippen LogP contribution is 2.25. The predicted octanol–water partition coefficient (Wildman–Crippen LogP) is 3.86. The van der Waals surface area contributed by atoms with Crippen molar-refractivity contribution in [1.82, 2.24) is 0 Å². The van der Waals surface area contributed by atoms with Crippen LogP contribution < -0.4 is 4.74 Å². The summed E-state index contributed by atoms with van der Waals surface area (Å²) in [6.45, 7) is -1.41. The number of Topliss-reactive ketones (excluding diaryl/α,β-unsaturated/α-hetero) is 1. The maximum Gasteiger partial charge on any atom is 0.387 e. The Morgan fingerprint density at radius 1 is 1.50 bits per heavy atom. The summed E-state index contributed by atoms with van der Waals surface area (Å²) in [5.41, 5.74) is 0.223. The van der Waals surface area contributed by atoms with Gasteiger partial charge in [0.25, 0.3) is 0 Å². The quantitative estimate of drug-likeness (QED) is 0.623. The summed E-state index contributed by atoms with van der Waals surface area (Å²) in [6, 6.07) is 4.04. The van der Waals surface area contributed by atoms with Crippen LogP contribution in [0.25, 0.3) is 0 Å². The molecule has 0 aliphatic rings. The third kappa shape index (κ3) is 3.42. The van der Waals surface area contributed by atoms with Gasteiger partial charge in [-0.3, -0.25) is 4.79 Å². The van der Waals surface area contributed by atoms with Gasteiger partial charge < -0.3 is 4.74 Å². The second-order valence-corrected chi connectivity index (χ2v) is 4.51. The average molecular weight is 314 g/mol. The van der Waals surface area contributed by atoms with Crippen LogP contribution in [0.2, 0.25) is 0 Å². The highest BCUT2D eigenvalue weighted by Gasteiger charge is 2.17. The first kappa shape index (κ1) is 13.4. The van der Waals surface area contributed by atoms with Gasteiger partial charge in [-0.1, -0.05) is 15.9 Å². The Morgan fingerprint density at radius 3 is 2.62 bits per heavy atom. The van der Waals surface area contributed by atoms with E-state index < -0.39 is 12.0 Å². The number of carbonyl (C=O) groups is 1. The molecule has 16 heavy (non-hydrogen) atoms. The lowest BCUT2D eigenvalue weighted by Crippen LogP contribution is -2.12. The zero-order valence-electron chi connectivity index (χ0n) is 8.22. The molecule has 0 spiro atoms. The minimum Gasteiger partial charge on any atom is -0.435 e. The molecule has 0 aliphatic carbocycles. The van der Waals surface area contributed by atoms with Crippen LogP contribution in [0, 0.1) is 0 Å². The van der Waals surface area contributed by atoms with Crippen LogP contribution >= 0.6 is 27.5 Å². The molecule has 0 fully saturated rings. The van der Waals surface area contributed by atoms with Gasteiger partial charge in [-0.15, -0.1) is 11.6 Å². The van der Waals surface area contributed by atoms with Crippen molar-refractivity contribution in [2.45, 2.75) is 18.9 Å². The molecular weight excluding hydrogens is 305 g/mol. The van der Waals surface area contributed by atoms with Gasteiger partial charge in [-0.25, -0.2) is 0 Å². The molecule has 0 aromatic heterocycles. The van der Waals surface area contributed by atoms with E-state index in [1.54, 1.807) is 0 Å². The van der Waals surface area contributed by atoms with Crippen LogP contribution in [-0.2, 0) is 0 Å². The summed E-state index contributed by atoms with van der Waals surface area (Å²) in [6.07, 6.45) is 0. The summed E-state index contributed by atoms with van der Waals surface area (Å²) in [5.74, 6) is -0.424. The van der Waals surface area contributed by atoms with Crippen LogP contribution in [0.4, 0.5) is 8.78 Å². The molecule has 0 saturated heterocycles. The Labute approximate surface area is 105 Å². The highest BCUT2D eigenvalue weighted by atomic mass is 79.9. The number of rotatable bonds is 4. The van der Waals surface area contributed by atoms with Crippen LogP contribution in [-0.4, -0.2) is 17.8 Å². The molecule has 2 nitrogen and oxygen atoms in total. The molecule has 0 N–H and O–H groups in total. The van der Waals surface area contributed by atoms with Gasteiger partial charge in [0.1, 0.15) is 5.75 Å². The molecule has 0 aliphatic heterocycles. The van der Waals surface area contributed by atoms with Crippen molar-refractivity contribution in [3.05, 3.63) is 28.2 Å². The lowest BCUT2D eigenvalue weighted by molar-refractivity contribution is -0.0498. The summed E-state index contributed by atoms with van der Waals surface area (Å²) in [4.78, 5) is 11.6. The van der Waals surface area contributed by atoms with Gasteiger partial charge in [0.2, 0.25) is 0 Å². The first-order chi connectivity index (χ1) is 7.41. The molecule has 1 rings (SSSR count). The first-order valence-corrected chi connectivity index (χ1v) is 5.57. The van der Waals surface area contributed by atoms with E-state index in [4.69, 9.17) is 11.6 Å². The number of benzene rings is 1. The van der Waals surface area contributed by atoms with Crippen molar-refractivity contribution < 1.29 is 18.3 Å². The van der Waals surface area contributed by atoms with Crippen molar-refractivity contribution in [1.29, 1.82) is 0 Å². The van der Waals surface area contributed by atoms with Crippen molar-refractivity contribution in [2.75, 3.05) is 0 Å². The van der Waals surface area contributed by atoms with Gasteiger partial charge in [0.05, 0.1) is 5.38 Å². The number of carbonyl (C=O) groups excluding carboxylic acids is 1. The predicted molar refractivity (Wildman–Crippen MR) is 60.4 cm³/mol. The highest BCUT2D eigenvalue weighted by molar-refractivity contribution is 9.10. The number of hydrogen-bond acceptors (Lipinski definition) is 2. The Kier molecular flexibility index (Phi) is 4.68. The molecule has 0 heterocycles. The lowest BCUT2D eigenvalue weighted by Gasteiger charge is -2.09. The van der Waals surface area contributed by atoms with Crippen LogP contribution in [0.5, 0.6) is 5.75 Å². The van der Waals surface area contributed by atoms with Crippen LogP contribution in [0.1, 0.15) is 17.3 Å². The number of halogens is 4. The van der Waals surface area contributed by atoms with Gasteiger partial charge in [0.15, 0.2) is 5.78 Å². The molecule has 0 amide bonds. The van der Waals surface area contributed by atoms with Crippen molar-refractivity contribution in [3.8, 4) is 5.75 Å². The third-order valence-corrected chi connectivity index (χ3v) is 2.68. The van der Waals surface area contributed by atoms with E-state index in [0.29, 0.717) is 4.47 Å². The van der Waals surface area contributed by atoms with E-state index in [0.717, 1.165) is 0 Å². The van der Waals surface area contributed by atoms with E-state index in [-0.39, 0.29) is 17.1 Å². The van der Waals surface area contributed by atoms with Crippen molar-refractivity contribution in [2.24, 2.45) is 0 Å². The molecule has 1 atom stereocenters. The van der Waals surface area contributed by atoms with Gasteiger partial charge >= 0.3 is 6.61 Å². The Bertz CT molecular complexity index is 396. The monoisotopic (exact) mass is 312 g/mol.